The molecule has 210 valence electrons. The maximum absolute atomic E-state index is 13.5. The number of ether oxygens (including phenoxy) is 1. The van der Waals surface area contributed by atoms with Crippen LogP contribution in [0.5, 0.6) is 11.5 Å². The summed E-state index contributed by atoms with van der Waals surface area (Å²) in [5.41, 5.74) is 1.08. The van der Waals surface area contributed by atoms with Crippen LogP contribution in [0.2, 0.25) is 0 Å². The molecule has 1 aromatic heterocycles. The van der Waals surface area contributed by atoms with Crippen LogP contribution >= 0.6 is 12.2 Å². The van der Waals surface area contributed by atoms with Gasteiger partial charge < -0.3 is 9.15 Å². The van der Waals surface area contributed by atoms with E-state index in [1.807, 2.05) is 30.3 Å². The van der Waals surface area contributed by atoms with Crippen LogP contribution < -0.4 is 15.0 Å². The van der Waals surface area contributed by atoms with Crippen molar-refractivity contribution in [2.75, 3.05) is 4.90 Å². The Hall–Kier alpha value is -5.94. The van der Waals surface area contributed by atoms with Gasteiger partial charge in [0.1, 0.15) is 22.7 Å². The van der Waals surface area contributed by atoms with Crippen LogP contribution in [0, 0.1) is 10.1 Å². The van der Waals surface area contributed by atoms with Crippen LogP contribution in [0.3, 0.4) is 0 Å². The number of thiocarbonyl (C=S) groups is 1. The number of nitrogens with zero attached hydrogens (tertiary/aromatic N) is 2. The molecule has 1 fully saturated rings. The molecule has 1 aliphatic rings. The fourth-order valence-electron chi connectivity index (χ4n) is 4.51. The molecular formula is C32H19N3O7S. The molecule has 43 heavy (non-hydrogen) atoms. The minimum absolute atomic E-state index is 0.0111. The second-order valence-electron chi connectivity index (χ2n) is 9.41. The predicted octanol–water partition coefficient (Wildman–Crippen LogP) is 6.20. The Bertz CT molecular complexity index is 1980. The molecule has 0 atom stereocenters. The normalized spacial score (nSPS) is 14.2. The van der Waals surface area contributed by atoms with Crippen LogP contribution in [0.25, 0.3) is 17.0 Å². The highest BCUT2D eigenvalue weighted by Crippen LogP contribution is 2.29. The topological polar surface area (TPSA) is 132 Å². The third-order valence-electron chi connectivity index (χ3n) is 6.57. The van der Waals surface area contributed by atoms with Crippen molar-refractivity contribution in [3.63, 3.8) is 0 Å². The molecule has 0 aliphatic carbocycles. The standard InChI is InChI=1S/C32H19N3O7S/c36-29(20-5-4-6-23(17-20)35(39)40)28-18-21-15-19(9-14-27(21)42-28)16-26-30(37)33-32(43)34(31(26)38)22-10-12-25(13-11-22)41-24-7-2-1-3-8-24/h1-18H,(H,33,37,43)/b26-16+. The van der Waals surface area contributed by atoms with Gasteiger partial charge in [-0.15, -0.1) is 0 Å². The summed E-state index contributed by atoms with van der Waals surface area (Å²) < 4.78 is 11.5. The number of furan rings is 1. The molecule has 10 nitrogen and oxygen atoms in total. The highest BCUT2D eigenvalue weighted by atomic mass is 32.1. The van der Waals surface area contributed by atoms with Gasteiger partial charge in [-0.3, -0.25) is 34.7 Å². The highest BCUT2D eigenvalue weighted by Gasteiger charge is 2.34. The Kier molecular flexibility index (Phi) is 7.06. The maximum Gasteiger partial charge on any atom is 0.270 e. The highest BCUT2D eigenvalue weighted by molar-refractivity contribution is 7.80. The van der Waals surface area contributed by atoms with E-state index in [1.165, 1.54) is 41.3 Å². The van der Waals surface area contributed by atoms with E-state index in [4.69, 9.17) is 21.4 Å². The predicted molar refractivity (Wildman–Crippen MR) is 162 cm³/mol. The molecule has 2 amide bonds. The molecule has 5 aromatic rings. The van der Waals surface area contributed by atoms with Gasteiger partial charge in [0.2, 0.25) is 5.78 Å². The summed E-state index contributed by atoms with van der Waals surface area (Å²) in [7, 11) is 0. The molecule has 0 bridgehead atoms. The molecule has 0 radical (unpaired) electrons. The van der Waals surface area contributed by atoms with E-state index in [2.05, 4.69) is 5.32 Å². The van der Waals surface area contributed by atoms with E-state index in [1.54, 1.807) is 42.5 Å². The first-order chi connectivity index (χ1) is 20.8. The molecule has 2 heterocycles. The number of fused-ring (bicyclic) bond motifs is 1. The van der Waals surface area contributed by atoms with Gasteiger partial charge in [0.05, 0.1) is 10.6 Å². The van der Waals surface area contributed by atoms with E-state index in [9.17, 15) is 24.5 Å². The first-order valence-electron chi connectivity index (χ1n) is 12.8. The van der Waals surface area contributed by atoms with Crippen molar-refractivity contribution < 1.29 is 28.5 Å². The van der Waals surface area contributed by atoms with Crippen molar-refractivity contribution in [2.24, 2.45) is 0 Å². The zero-order chi connectivity index (χ0) is 30.1. The summed E-state index contributed by atoms with van der Waals surface area (Å²) in [6.07, 6.45) is 1.42. The van der Waals surface area contributed by atoms with Crippen molar-refractivity contribution >= 4 is 63.3 Å². The largest absolute Gasteiger partial charge is 0.457 e. The number of amides is 2. The summed E-state index contributed by atoms with van der Waals surface area (Å²) in [5, 5.41) is 14.1. The third-order valence-corrected chi connectivity index (χ3v) is 6.85. The number of carbonyl (C=O) groups excluding carboxylic acids is 3. The fourth-order valence-corrected chi connectivity index (χ4v) is 4.79. The third kappa shape index (κ3) is 5.52. The number of carbonyl (C=O) groups is 3. The number of anilines is 1. The van der Waals surface area contributed by atoms with Crippen LogP contribution in [0.1, 0.15) is 21.7 Å². The number of benzene rings is 4. The Morgan fingerprint density at radius 2 is 1.65 bits per heavy atom. The van der Waals surface area contributed by atoms with Crippen molar-refractivity contribution in [2.45, 2.75) is 0 Å². The number of para-hydroxylation sites is 1. The Morgan fingerprint density at radius 1 is 0.907 bits per heavy atom. The molecule has 0 saturated carbocycles. The van der Waals surface area contributed by atoms with Crippen LogP contribution in [-0.4, -0.2) is 27.6 Å². The number of hydrogen-bond acceptors (Lipinski definition) is 8. The molecule has 1 saturated heterocycles. The molecule has 0 spiro atoms. The Labute approximate surface area is 248 Å². The average Bonchev–Trinajstić information content (AvgIpc) is 3.44. The summed E-state index contributed by atoms with van der Waals surface area (Å²) in [6.45, 7) is 0. The minimum atomic E-state index is -0.649. The number of hydrogen-bond donors (Lipinski definition) is 1. The number of nitro groups is 1. The number of non-ortho nitro benzene ring substituents is 1. The van der Waals surface area contributed by atoms with Crippen molar-refractivity contribution in [3.8, 4) is 11.5 Å². The summed E-state index contributed by atoms with van der Waals surface area (Å²) in [5.74, 6) is -0.577. The summed E-state index contributed by atoms with van der Waals surface area (Å²) in [6, 6.07) is 27.7. The van der Waals surface area contributed by atoms with Gasteiger partial charge in [0.25, 0.3) is 17.5 Å². The van der Waals surface area contributed by atoms with Gasteiger partial charge in [-0.1, -0.05) is 36.4 Å². The maximum atomic E-state index is 13.5. The summed E-state index contributed by atoms with van der Waals surface area (Å²) >= 11 is 5.30. The Balaban J connectivity index is 1.25. The van der Waals surface area contributed by atoms with E-state index in [0.29, 0.717) is 33.7 Å². The molecule has 1 aliphatic heterocycles. The van der Waals surface area contributed by atoms with Gasteiger partial charge in [-0.2, -0.15) is 0 Å². The summed E-state index contributed by atoms with van der Waals surface area (Å²) in [4.78, 5) is 51.0. The lowest BCUT2D eigenvalue weighted by atomic mass is 10.0. The average molecular weight is 590 g/mol. The van der Waals surface area contributed by atoms with Crippen molar-refractivity contribution in [1.82, 2.24) is 5.32 Å². The van der Waals surface area contributed by atoms with Gasteiger partial charge in [0.15, 0.2) is 10.9 Å². The number of nitrogens with one attached hydrogen (secondary N) is 1. The second kappa shape index (κ2) is 11.1. The van der Waals surface area contributed by atoms with Gasteiger partial charge in [0, 0.05) is 23.1 Å². The zero-order valence-electron chi connectivity index (χ0n) is 22.1. The van der Waals surface area contributed by atoms with Crippen molar-refractivity contribution in [1.29, 1.82) is 0 Å². The van der Waals surface area contributed by atoms with E-state index < -0.39 is 22.5 Å². The van der Waals surface area contributed by atoms with Crippen LogP contribution in [0.4, 0.5) is 11.4 Å². The monoisotopic (exact) mass is 589 g/mol. The van der Waals surface area contributed by atoms with Crippen molar-refractivity contribution in [3.05, 3.63) is 136 Å². The lowest BCUT2D eigenvalue weighted by Crippen LogP contribution is -2.54. The van der Waals surface area contributed by atoms with Gasteiger partial charge >= 0.3 is 0 Å². The molecule has 1 N–H and O–H groups in total. The van der Waals surface area contributed by atoms with E-state index >= 15 is 0 Å². The molecule has 11 heteroatoms. The number of nitro benzene ring substituents is 1. The van der Waals surface area contributed by atoms with Gasteiger partial charge in [-0.25, -0.2) is 0 Å². The number of ketones is 1. The van der Waals surface area contributed by atoms with E-state index in [0.717, 1.165) is 0 Å². The van der Waals surface area contributed by atoms with Crippen LogP contribution in [-0.2, 0) is 9.59 Å². The lowest BCUT2D eigenvalue weighted by Gasteiger charge is -2.29. The zero-order valence-corrected chi connectivity index (χ0v) is 22.9. The van der Waals surface area contributed by atoms with Crippen LogP contribution in [0.15, 0.2) is 113 Å². The molecular weight excluding hydrogens is 570 g/mol. The van der Waals surface area contributed by atoms with Gasteiger partial charge in [-0.05, 0) is 78.5 Å². The SMILES string of the molecule is O=C1NC(=S)N(c2ccc(Oc3ccccc3)cc2)C(=O)/C1=C/c1ccc2oc(C(=O)c3cccc([N+](=O)[O-])c3)cc2c1. The Morgan fingerprint density at radius 3 is 2.40 bits per heavy atom. The number of rotatable bonds is 7. The van der Waals surface area contributed by atoms with E-state index in [-0.39, 0.29) is 27.7 Å². The first-order valence-corrected chi connectivity index (χ1v) is 13.2. The fraction of sp³-hybridized carbons (Fsp3) is 0. The first kappa shape index (κ1) is 27.2. The quantitative estimate of drug-likeness (QED) is 0.0593. The molecule has 6 rings (SSSR count). The molecule has 0 unspecified atom stereocenters. The lowest BCUT2D eigenvalue weighted by molar-refractivity contribution is -0.384. The minimum Gasteiger partial charge on any atom is -0.457 e. The molecule has 4 aromatic carbocycles. The smallest absolute Gasteiger partial charge is 0.270 e. The second-order valence-corrected chi connectivity index (χ2v) is 9.80.